The average molecular weight is 440 g/mol. The monoisotopic (exact) mass is 439 g/mol. The van der Waals surface area contributed by atoms with Crippen molar-refractivity contribution in [2.45, 2.75) is 39.2 Å². The van der Waals surface area contributed by atoms with E-state index in [-0.39, 0.29) is 11.8 Å². The number of benzene rings is 3. The summed E-state index contributed by atoms with van der Waals surface area (Å²) in [6.07, 6.45) is 1.35. The summed E-state index contributed by atoms with van der Waals surface area (Å²) in [5.74, 6) is 2.12. The Balaban J connectivity index is 1.34. The Labute approximate surface area is 194 Å². The predicted molar refractivity (Wildman–Crippen MR) is 132 cm³/mol. The van der Waals surface area contributed by atoms with Crippen molar-refractivity contribution >= 4 is 22.6 Å². The molecule has 5 nitrogen and oxygen atoms in total. The Morgan fingerprint density at radius 1 is 0.970 bits per heavy atom. The number of anilines is 1. The molecule has 168 valence electrons. The van der Waals surface area contributed by atoms with Gasteiger partial charge in [0.25, 0.3) is 0 Å². The van der Waals surface area contributed by atoms with E-state index in [1.165, 1.54) is 5.56 Å². The standard InChI is InChI=1S/C28H29N3O2/c1-20-11-13-24(14-12-20)33-16-6-15-30-26-10-4-3-9-25(26)29-28(30)22-18-27(32)31(19-22)23-8-5-7-21(2)17-23/h3-5,7-14,17,22H,6,15-16,18-19H2,1-2H3. The Bertz CT molecular complexity index is 1280. The molecule has 0 radical (unpaired) electrons. The molecule has 1 aromatic heterocycles. The molecule has 4 aromatic rings. The van der Waals surface area contributed by atoms with Gasteiger partial charge in [-0.3, -0.25) is 4.79 Å². The highest BCUT2D eigenvalue weighted by atomic mass is 16.5. The summed E-state index contributed by atoms with van der Waals surface area (Å²) in [5, 5.41) is 0. The van der Waals surface area contributed by atoms with Gasteiger partial charge in [0.2, 0.25) is 5.91 Å². The third-order valence-corrected chi connectivity index (χ3v) is 6.30. The maximum Gasteiger partial charge on any atom is 0.227 e. The van der Waals surface area contributed by atoms with Gasteiger partial charge in [0, 0.05) is 31.1 Å². The molecule has 33 heavy (non-hydrogen) atoms. The Hall–Kier alpha value is -3.60. The van der Waals surface area contributed by atoms with Gasteiger partial charge >= 0.3 is 0 Å². The first kappa shape index (κ1) is 21.3. The van der Waals surface area contributed by atoms with Crippen molar-refractivity contribution in [3.63, 3.8) is 0 Å². The average Bonchev–Trinajstić information content (AvgIpc) is 3.38. The number of para-hydroxylation sites is 2. The molecule has 1 fully saturated rings. The van der Waals surface area contributed by atoms with E-state index in [1.54, 1.807) is 0 Å². The fourth-order valence-corrected chi connectivity index (χ4v) is 4.61. The lowest BCUT2D eigenvalue weighted by Crippen LogP contribution is -2.24. The third-order valence-electron chi connectivity index (χ3n) is 6.30. The van der Waals surface area contributed by atoms with Crippen LogP contribution in [-0.4, -0.2) is 28.6 Å². The summed E-state index contributed by atoms with van der Waals surface area (Å²) in [4.78, 5) is 19.8. The zero-order valence-electron chi connectivity index (χ0n) is 19.2. The molecule has 0 spiro atoms. The van der Waals surface area contributed by atoms with E-state index in [1.807, 2.05) is 47.4 Å². The first-order chi connectivity index (χ1) is 16.1. The van der Waals surface area contributed by atoms with Crippen LogP contribution in [0.15, 0.2) is 72.8 Å². The highest BCUT2D eigenvalue weighted by molar-refractivity contribution is 5.96. The molecule has 1 unspecified atom stereocenters. The fraction of sp³-hybridized carbons (Fsp3) is 0.286. The summed E-state index contributed by atoms with van der Waals surface area (Å²) >= 11 is 0. The molecule has 1 aliphatic rings. The number of imidazole rings is 1. The number of hydrogen-bond donors (Lipinski definition) is 0. The highest BCUT2D eigenvalue weighted by Crippen LogP contribution is 2.33. The van der Waals surface area contributed by atoms with Crippen molar-refractivity contribution in [1.82, 2.24) is 9.55 Å². The third kappa shape index (κ3) is 4.49. The molecular weight excluding hydrogens is 410 g/mol. The van der Waals surface area contributed by atoms with Crippen molar-refractivity contribution in [3.05, 3.63) is 89.7 Å². The second kappa shape index (κ2) is 9.10. The van der Waals surface area contributed by atoms with Gasteiger partial charge in [-0.1, -0.05) is 42.0 Å². The first-order valence-electron chi connectivity index (χ1n) is 11.6. The number of fused-ring (bicyclic) bond motifs is 1. The maximum absolute atomic E-state index is 12.9. The van der Waals surface area contributed by atoms with Gasteiger partial charge in [-0.05, 0) is 62.2 Å². The molecule has 5 rings (SSSR count). The van der Waals surface area contributed by atoms with Crippen LogP contribution in [0, 0.1) is 13.8 Å². The number of aromatic nitrogens is 2. The minimum Gasteiger partial charge on any atom is -0.494 e. The zero-order valence-corrected chi connectivity index (χ0v) is 19.2. The van der Waals surface area contributed by atoms with E-state index in [0.717, 1.165) is 46.8 Å². The van der Waals surface area contributed by atoms with Crippen LogP contribution in [0.25, 0.3) is 11.0 Å². The van der Waals surface area contributed by atoms with Crippen LogP contribution in [0.1, 0.15) is 35.7 Å². The molecular formula is C28H29N3O2. The van der Waals surface area contributed by atoms with Crippen molar-refractivity contribution in [2.24, 2.45) is 0 Å². The predicted octanol–water partition coefficient (Wildman–Crippen LogP) is 5.64. The molecule has 0 saturated carbocycles. The summed E-state index contributed by atoms with van der Waals surface area (Å²) in [6, 6.07) is 24.5. The van der Waals surface area contributed by atoms with Gasteiger partial charge in [-0.2, -0.15) is 0 Å². The van der Waals surface area contributed by atoms with E-state index < -0.39 is 0 Å². The molecule has 1 saturated heterocycles. The van der Waals surface area contributed by atoms with Crippen LogP contribution < -0.4 is 9.64 Å². The lowest BCUT2D eigenvalue weighted by molar-refractivity contribution is -0.117. The lowest BCUT2D eigenvalue weighted by atomic mass is 10.1. The number of amides is 1. The SMILES string of the molecule is Cc1ccc(OCCCn2c(C3CC(=O)N(c4cccc(C)c4)C3)nc3ccccc32)cc1. The van der Waals surface area contributed by atoms with E-state index in [4.69, 9.17) is 9.72 Å². The number of carbonyl (C=O) groups is 1. The number of nitrogens with zero attached hydrogens (tertiary/aromatic N) is 3. The van der Waals surface area contributed by atoms with Crippen LogP contribution in [0.2, 0.25) is 0 Å². The van der Waals surface area contributed by atoms with Gasteiger partial charge in [0.15, 0.2) is 0 Å². The van der Waals surface area contributed by atoms with Crippen LogP contribution in [-0.2, 0) is 11.3 Å². The molecule has 1 aliphatic heterocycles. The van der Waals surface area contributed by atoms with E-state index in [0.29, 0.717) is 19.6 Å². The molecule has 2 heterocycles. The number of ether oxygens (including phenoxy) is 1. The summed E-state index contributed by atoms with van der Waals surface area (Å²) in [7, 11) is 0. The second-order valence-corrected chi connectivity index (χ2v) is 8.87. The van der Waals surface area contributed by atoms with Crippen molar-refractivity contribution in [1.29, 1.82) is 0 Å². The van der Waals surface area contributed by atoms with Crippen LogP contribution in [0.3, 0.4) is 0 Å². The molecule has 0 bridgehead atoms. The molecule has 0 N–H and O–H groups in total. The number of aryl methyl sites for hydroxylation is 3. The highest BCUT2D eigenvalue weighted by Gasteiger charge is 2.34. The van der Waals surface area contributed by atoms with Crippen molar-refractivity contribution in [3.8, 4) is 5.75 Å². The van der Waals surface area contributed by atoms with Crippen LogP contribution in [0.5, 0.6) is 5.75 Å². The normalized spacial score (nSPS) is 16.0. The first-order valence-corrected chi connectivity index (χ1v) is 11.6. The van der Waals surface area contributed by atoms with Gasteiger partial charge in [-0.25, -0.2) is 4.98 Å². The van der Waals surface area contributed by atoms with E-state index >= 15 is 0 Å². The number of carbonyl (C=O) groups excluding carboxylic acids is 1. The molecule has 3 aromatic carbocycles. The van der Waals surface area contributed by atoms with Crippen LogP contribution >= 0.6 is 0 Å². The summed E-state index contributed by atoms with van der Waals surface area (Å²) < 4.78 is 8.23. The van der Waals surface area contributed by atoms with Crippen molar-refractivity contribution < 1.29 is 9.53 Å². The van der Waals surface area contributed by atoms with E-state index in [2.05, 4.69) is 48.7 Å². The Morgan fingerprint density at radius 2 is 1.79 bits per heavy atom. The largest absolute Gasteiger partial charge is 0.494 e. The quantitative estimate of drug-likeness (QED) is 0.350. The molecule has 1 atom stereocenters. The maximum atomic E-state index is 12.9. The zero-order chi connectivity index (χ0) is 22.8. The molecule has 1 amide bonds. The van der Waals surface area contributed by atoms with E-state index in [9.17, 15) is 4.79 Å². The Morgan fingerprint density at radius 3 is 2.61 bits per heavy atom. The number of rotatable bonds is 7. The van der Waals surface area contributed by atoms with Crippen LogP contribution in [0.4, 0.5) is 5.69 Å². The van der Waals surface area contributed by atoms with Gasteiger partial charge in [0.1, 0.15) is 11.6 Å². The van der Waals surface area contributed by atoms with Gasteiger partial charge in [-0.15, -0.1) is 0 Å². The molecule has 0 aliphatic carbocycles. The molecule has 5 heteroatoms. The second-order valence-electron chi connectivity index (χ2n) is 8.87. The minimum absolute atomic E-state index is 0.0726. The van der Waals surface area contributed by atoms with Crippen molar-refractivity contribution in [2.75, 3.05) is 18.1 Å². The summed E-state index contributed by atoms with van der Waals surface area (Å²) in [5.41, 5.74) is 5.45. The topological polar surface area (TPSA) is 47.4 Å². The Kier molecular flexibility index (Phi) is 5.86. The minimum atomic E-state index is 0.0726. The number of hydrogen-bond acceptors (Lipinski definition) is 3. The smallest absolute Gasteiger partial charge is 0.227 e. The van der Waals surface area contributed by atoms with Gasteiger partial charge in [0.05, 0.1) is 17.6 Å². The summed E-state index contributed by atoms with van der Waals surface area (Å²) in [6.45, 7) is 6.22. The fourth-order valence-electron chi connectivity index (χ4n) is 4.61. The lowest BCUT2D eigenvalue weighted by Gasteiger charge is -2.18. The van der Waals surface area contributed by atoms with Gasteiger partial charge < -0.3 is 14.2 Å².